The van der Waals surface area contributed by atoms with E-state index in [0.717, 1.165) is 5.56 Å². The number of halogens is 1. The van der Waals surface area contributed by atoms with E-state index in [2.05, 4.69) is 9.71 Å². The summed E-state index contributed by atoms with van der Waals surface area (Å²) in [5.41, 5.74) is 1.04. The Balaban J connectivity index is 0.00000380. The summed E-state index contributed by atoms with van der Waals surface area (Å²) < 4.78 is 40.8. The number of sulfonamides is 1. The van der Waals surface area contributed by atoms with Gasteiger partial charge < -0.3 is 10.0 Å². The van der Waals surface area contributed by atoms with E-state index in [0.29, 0.717) is 36.6 Å². The smallest absolute Gasteiger partial charge is 0.263 e. The Morgan fingerprint density at radius 1 is 1.17 bits per heavy atom. The molecule has 1 amide bonds. The number of rotatable bonds is 7. The van der Waals surface area contributed by atoms with Crippen molar-refractivity contribution in [1.82, 2.24) is 9.88 Å². The largest absolute Gasteiger partial charge is 0.512 e. The van der Waals surface area contributed by atoms with Crippen LogP contribution in [0.25, 0.3) is 0 Å². The first-order chi connectivity index (χ1) is 17.2. The number of hydrogen-bond donors (Lipinski definition) is 3. The number of anilines is 1. The topological polar surface area (TPSA) is 123 Å². The highest BCUT2D eigenvalue weighted by atomic mass is 32.2. The summed E-state index contributed by atoms with van der Waals surface area (Å²) in [6, 6.07) is 11.9. The molecule has 0 saturated carbocycles. The van der Waals surface area contributed by atoms with Gasteiger partial charge in [0.2, 0.25) is 0 Å². The molecule has 11 heteroatoms. The van der Waals surface area contributed by atoms with Gasteiger partial charge in [0.05, 0.1) is 10.6 Å². The van der Waals surface area contributed by atoms with Crippen LogP contribution in [-0.2, 0) is 14.8 Å². The van der Waals surface area contributed by atoms with Crippen molar-refractivity contribution in [2.24, 2.45) is 0 Å². The lowest BCUT2D eigenvalue weighted by atomic mass is 9.89. The molecule has 0 atom stereocenters. The third-order valence-corrected chi connectivity index (χ3v) is 8.23. The van der Waals surface area contributed by atoms with E-state index in [1.54, 1.807) is 34.5 Å². The zero-order chi connectivity index (χ0) is 25.9. The van der Waals surface area contributed by atoms with Crippen molar-refractivity contribution in [3.05, 3.63) is 88.4 Å². The Labute approximate surface area is 214 Å². The van der Waals surface area contributed by atoms with Gasteiger partial charge in [-0.2, -0.15) is 0 Å². The molecule has 1 saturated heterocycles. The number of nitrogens with zero attached hydrogens (tertiary/aromatic N) is 2. The molecule has 0 spiro atoms. The molecule has 0 aliphatic carbocycles. The Morgan fingerprint density at radius 2 is 1.81 bits per heavy atom. The third kappa shape index (κ3) is 5.63. The van der Waals surface area contributed by atoms with Crippen molar-refractivity contribution < 1.29 is 24.1 Å². The number of nitrogens with one attached hydrogen (secondary N) is 2. The van der Waals surface area contributed by atoms with E-state index in [1.807, 2.05) is 0 Å². The normalized spacial score (nSPS) is 15.3. The van der Waals surface area contributed by atoms with Crippen LogP contribution in [0.1, 0.15) is 38.2 Å². The Kier molecular flexibility index (Phi) is 7.51. The molecule has 1 fully saturated rings. The van der Waals surface area contributed by atoms with E-state index in [1.165, 1.54) is 48.7 Å². The Bertz CT molecular complexity index is 1380. The summed E-state index contributed by atoms with van der Waals surface area (Å²) >= 11 is 1.20. The second kappa shape index (κ2) is 10.6. The van der Waals surface area contributed by atoms with E-state index in [9.17, 15) is 22.7 Å². The van der Waals surface area contributed by atoms with E-state index in [-0.39, 0.29) is 29.3 Å². The minimum absolute atomic E-state index is 0. The number of likely N-dealkylation sites (tertiary alicyclic amines) is 1. The number of carbonyl (C=O) groups is 1. The van der Waals surface area contributed by atoms with Crippen molar-refractivity contribution in [2.75, 3.05) is 17.8 Å². The number of piperidine rings is 1. The molecular weight excluding hydrogens is 503 g/mol. The van der Waals surface area contributed by atoms with Crippen LogP contribution < -0.4 is 4.72 Å². The first kappa shape index (κ1) is 25.5. The van der Waals surface area contributed by atoms with Crippen LogP contribution in [0.15, 0.2) is 76.3 Å². The standard InChI is InChI=1S/C25H25FN4O4S2.H2/c1-16(31)22(23(27)19-2-6-20(26)7-3-19)24(32)30-13-10-18(11-14-30)17-4-8-21(9-5-17)36(33,34)29-25-28-12-15-35-25;/h2-9,12,15,18,27,31H,10-11,13-14H2,1H3,(H,28,29);1H/b22-16+,27-23?;. The molecule has 4 rings (SSSR count). The number of hydrogen-bond acceptors (Lipinski definition) is 7. The highest BCUT2D eigenvalue weighted by molar-refractivity contribution is 7.93. The van der Waals surface area contributed by atoms with Crippen LogP contribution in [0.2, 0.25) is 0 Å². The second-order valence-electron chi connectivity index (χ2n) is 8.42. The van der Waals surface area contributed by atoms with Crippen LogP contribution in [-0.4, -0.2) is 48.1 Å². The predicted molar refractivity (Wildman–Crippen MR) is 139 cm³/mol. The molecule has 36 heavy (non-hydrogen) atoms. The molecule has 0 unspecified atom stereocenters. The summed E-state index contributed by atoms with van der Waals surface area (Å²) in [6.45, 7) is 2.20. The van der Waals surface area contributed by atoms with Gasteiger partial charge in [-0.15, -0.1) is 11.3 Å². The number of aromatic nitrogens is 1. The maximum absolute atomic E-state index is 13.3. The first-order valence-electron chi connectivity index (χ1n) is 11.2. The molecule has 3 N–H and O–H groups in total. The number of thiazole rings is 1. The molecule has 2 heterocycles. The lowest BCUT2D eigenvalue weighted by Gasteiger charge is -2.33. The van der Waals surface area contributed by atoms with Crippen molar-refractivity contribution >= 4 is 38.1 Å². The summed E-state index contributed by atoms with van der Waals surface area (Å²) in [5.74, 6) is -1.03. The monoisotopic (exact) mass is 530 g/mol. The van der Waals surface area contributed by atoms with Gasteiger partial charge in [0.1, 0.15) is 17.1 Å². The average molecular weight is 531 g/mol. The molecule has 8 nitrogen and oxygen atoms in total. The van der Waals surface area contributed by atoms with Crippen molar-refractivity contribution in [1.29, 1.82) is 5.41 Å². The van der Waals surface area contributed by atoms with Crippen LogP contribution in [0, 0.1) is 11.2 Å². The number of carbonyl (C=O) groups excluding carboxylic acids is 1. The number of aliphatic hydroxyl groups excluding tert-OH is 1. The van der Waals surface area contributed by atoms with Crippen molar-refractivity contribution in [3.8, 4) is 0 Å². The van der Waals surface area contributed by atoms with Crippen LogP contribution in [0.5, 0.6) is 0 Å². The Hall–Kier alpha value is -3.57. The van der Waals surface area contributed by atoms with Gasteiger partial charge >= 0.3 is 0 Å². The van der Waals surface area contributed by atoms with Gasteiger partial charge in [-0.25, -0.2) is 17.8 Å². The van der Waals surface area contributed by atoms with E-state index >= 15 is 0 Å². The summed E-state index contributed by atoms with van der Waals surface area (Å²) in [4.78, 5) is 18.8. The number of aliphatic hydroxyl groups is 1. The van der Waals surface area contributed by atoms with Gasteiger partial charge in [-0.05, 0) is 67.6 Å². The van der Waals surface area contributed by atoms with Crippen LogP contribution >= 0.6 is 11.3 Å². The molecule has 1 aliphatic heterocycles. The molecule has 2 aromatic carbocycles. The third-order valence-electron chi connectivity index (χ3n) is 6.06. The SMILES string of the molecule is C/C(O)=C(/C(=N)c1ccc(F)cc1)C(=O)N1CCC(c2ccc(S(=O)(=O)Nc3nccs3)cc2)CC1.[HH]. The zero-order valence-corrected chi connectivity index (χ0v) is 21.1. The highest BCUT2D eigenvalue weighted by Crippen LogP contribution is 2.30. The molecular formula is C25H27FN4O4S2. The first-order valence-corrected chi connectivity index (χ1v) is 13.6. The summed E-state index contributed by atoms with van der Waals surface area (Å²) in [7, 11) is -3.73. The fourth-order valence-corrected chi connectivity index (χ4v) is 5.93. The number of amides is 1. The minimum atomic E-state index is -3.73. The average Bonchev–Trinajstić information content (AvgIpc) is 3.37. The summed E-state index contributed by atoms with van der Waals surface area (Å²) in [6.07, 6.45) is 2.82. The van der Waals surface area contributed by atoms with Gasteiger partial charge in [0, 0.05) is 31.7 Å². The van der Waals surface area contributed by atoms with Gasteiger partial charge in [0.15, 0.2) is 5.13 Å². The van der Waals surface area contributed by atoms with Crippen molar-refractivity contribution in [3.63, 3.8) is 0 Å². The van der Waals surface area contributed by atoms with Gasteiger partial charge in [0.25, 0.3) is 15.9 Å². The molecule has 0 radical (unpaired) electrons. The van der Waals surface area contributed by atoms with Gasteiger partial charge in [-0.3, -0.25) is 14.9 Å². The van der Waals surface area contributed by atoms with Crippen LogP contribution in [0.4, 0.5) is 9.52 Å². The fourth-order valence-electron chi connectivity index (χ4n) is 4.14. The minimum Gasteiger partial charge on any atom is -0.512 e. The molecule has 190 valence electrons. The molecule has 3 aromatic rings. The highest BCUT2D eigenvalue weighted by Gasteiger charge is 2.29. The predicted octanol–water partition coefficient (Wildman–Crippen LogP) is 4.94. The molecule has 1 aromatic heterocycles. The summed E-state index contributed by atoms with van der Waals surface area (Å²) in [5, 5.41) is 20.5. The maximum Gasteiger partial charge on any atom is 0.263 e. The van der Waals surface area contributed by atoms with E-state index in [4.69, 9.17) is 5.41 Å². The number of allylic oxidation sites excluding steroid dienone is 1. The van der Waals surface area contributed by atoms with E-state index < -0.39 is 21.7 Å². The molecule has 0 bridgehead atoms. The zero-order valence-electron chi connectivity index (χ0n) is 19.4. The maximum atomic E-state index is 13.3. The van der Waals surface area contributed by atoms with Crippen LogP contribution in [0.3, 0.4) is 0 Å². The molecule has 1 aliphatic rings. The fraction of sp³-hybridized carbons (Fsp3) is 0.240. The second-order valence-corrected chi connectivity index (χ2v) is 11.0. The number of benzene rings is 2. The quantitative estimate of drug-likeness (QED) is 0.227. The Morgan fingerprint density at radius 3 is 2.36 bits per heavy atom. The van der Waals surface area contributed by atoms with Gasteiger partial charge in [-0.1, -0.05) is 12.1 Å². The van der Waals surface area contributed by atoms with Crippen molar-refractivity contribution in [2.45, 2.75) is 30.6 Å². The lowest BCUT2D eigenvalue weighted by Crippen LogP contribution is -2.40. The lowest BCUT2D eigenvalue weighted by molar-refractivity contribution is -0.127.